The zero-order chi connectivity index (χ0) is 23.2. The molecule has 2 heterocycles. The van der Waals surface area contributed by atoms with Gasteiger partial charge in [-0.3, -0.25) is 9.78 Å². The predicted molar refractivity (Wildman–Crippen MR) is 132 cm³/mol. The first kappa shape index (κ1) is 21.9. The standard InChI is InChI=1S/C26H29N4O2Si/c1-16-6-7-18(32-25(33)23-8-12-30(23)3)15-20(16)24(31)29-26(9-10-26)21-13-17(27-2)14-22-19(21)5-4-11-28-22/h4-7,11,13-15,23,25,27H,8-10,12H2,1-3H3,(H,29,31)/t23-,25?/m0/s1. The van der Waals surface area contributed by atoms with Crippen LogP contribution in [0.3, 0.4) is 0 Å². The molecule has 1 aliphatic heterocycles. The Kier molecular flexibility index (Phi) is 5.62. The van der Waals surface area contributed by atoms with Gasteiger partial charge in [-0.1, -0.05) is 12.1 Å². The molecule has 33 heavy (non-hydrogen) atoms. The maximum absolute atomic E-state index is 13.5. The van der Waals surface area contributed by atoms with Gasteiger partial charge in [0.05, 0.1) is 27.0 Å². The van der Waals surface area contributed by atoms with Gasteiger partial charge in [-0.15, -0.1) is 0 Å². The molecule has 7 heteroatoms. The van der Waals surface area contributed by atoms with Gasteiger partial charge in [0.25, 0.3) is 5.91 Å². The van der Waals surface area contributed by atoms with Crippen LogP contribution in [0.5, 0.6) is 5.75 Å². The number of nitrogens with one attached hydrogen (secondary N) is 2. The van der Waals surface area contributed by atoms with E-state index in [0.717, 1.165) is 53.5 Å². The molecule has 1 aromatic heterocycles. The minimum Gasteiger partial charge on any atom is -0.493 e. The van der Waals surface area contributed by atoms with Crippen LogP contribution >= 0.6 is 0 Å². The predicted octanol–water partition coefficient (Wildman–Crippen LogP) is 3.58. The molecule has 3 radical (unpaired) electrons. The van der Waals surface area contributed by atoms with E-state index in [4.69, 9.17) is 4.74 Å². The lowest BCUT2D eigenvalue weighted by molar-refractivity contribution is 0.0562. The van der Waals surface area contributed by atoms with Crippen LogP contribution < -0.4 is 15.4 Å². The van der Waals surface area contributed by atoms with E-state index in [-0.39, 0.29) is 17.2 Å². The van der Waals surface area contributed by atoms with Gasteiger partial charge in [0.1, 0.15) is 5.75 Å². The summed E-state index contributed by atoms with van der Waals surface area (Å²) in [7, 11) is 7.71. The number of aromatic nitrogens is 1. The minimum atomic E-state index is -0.374. The fraction of sp³-hybridized carbons (Fsp3) is 0.385. The molecule has 2 N–H and O–H groups in total. The molecular weight excluding hydrogens is 428 g/mol. The van der Waals surface area contributed by atoms with Gasteiger partial charge in [0, 0.05) is 35.9 Å². The maximum Gasteiger partial charge on any atom is 0.252 e. The number of amides is 1. The highest BCUT2D eigenvalue weighted by Crippen LogP contribution is 2.49. The number of likely N-dealkylation sites (tertiary alicyclic amines) is 1. The van der Waals surface area contributed by atoms with E-state index >= 15 is 0 Å². The first-order valence-corrected chi connectivity index (χ1v) is 12.1. The average Bonchev–Trinajstić information content (AvgIpc) is 3.58. The molecule has 0 bridgehead atoms. The van der Waals surface area contributed by atoms with Gasteiger partial charge in [-0.2, -0.15) is 0 Å². The topological polar surface area (TPSA) is 66.5 Å². The van der Waals surface area contributed by atoms with E-state index in [1.54, 1.807) is 6.20 Å². The smallest absolute Gasteiger partial charge is 0.252 e. The van der Waals surface area contributed by atoms with E-state index in [9.17, 15) is 4.79 Å². The van der Waals surface area contributed by atoms with Crippen molar-refractivity contribution < 1.29 is 9.53 Å². The van der Waals surface area contributed by atoms with Gasteiger partial charge in [0.15, 0.2) is 0 Å². The lowest BCUT2D eigenvalue weighted by Crippen LogP contribution is -2.53. The third-order valence-corrected chi connectivity index (χ3v) is 7.54. The van der Waals surface area contributed by atoms with Crippen LogP contribution in [-0.4, -0.2) is 58.4 Å². The van der Waals surface area contributed by atoms with Gasteiger partial charge in [-0.25, -0.2) is 0 Å². The van der Waals surface area contributed by atoms with Crippen molar-refractivity contribution in [3.63, 3.8) is 0 Å². The van der Waals surface area contributed by atoms with Gasteiger partial charge in [0.2, 0.25) is 0 Å². The number of nitrogens with zero attached hydrogens (tertiary/aromatic N) is 2. The first-order valence-electron chi connectivity index (χ1n) is 11.5. The van der Waals surface area contributed by atoms with Crippen molar-refractivity contribution in [2.24, 2.45) is 0 Å². The van der Waals surface area contributed by atoms with Crippen LogP contribution in [0, 0.1) is 6.92 Å². The van der Waals surface area contributed by atoms with Crippen LogP contribution in [0.4, 0.5) is 5.69 Å². The second-order valence-corrected chi connectivity index (χ2v) is 9.80. The van der Waals surface area contributed by atoms with Crippen LogP contribution in [-0.2, 0) is 5.54 Å². The van der Waals surface area contributed by atoms with E-state index < -0.39 is 0 Å². The van der Waals surface area contributed by atoms with E-state index in [1.807, 2.05) is 44.3 Å². The van der Waals surface area contributed by atoms with Gasteiger partial charge in [-0.05, 0) is 81.2 Å². The van der Waals surface area contributed by atoms with Crippen LogP contribution in [0.2, 0.25) is 0 Å². The number of hydrogen-bond donors (Lipinski definition) is 2. The number of anilines is 1. The molecule has 2 atom stereocenters. The summed E-state index contributed by atoms with van der Waals surface area (Å²) in [5, 5.41) is 7.65. The molecule has 5 rings (SSSR count). The fourth-order valence-electron chi connectivity index (χ4n) is 4.66. The minimum absolute atomic E-state index is 0.0753. The summed E-state index contributed by atoms with van der Waals surface area (Å²) < 4.78 is 6.13. The Bertz CT molecular complexity index is 1210. The molecule has 2 aromatic carbocycles. The number of pyridine rings is 1. The second kappa shape index (κ2) is 8.46. The lowest BCUT2D eigenvalue weighted by Gasteiger charge is -2.41. The zero-order valence-corrected chi connectivity index (χ0v) is 20.3. The number of likely N-dealkylation sites (N-methyl/N-ethyl adjacent to an activating group) is 1. The number of rotatable bonds is 7. The molecule has 1 amide bonds. The van der Waals surface area contributed by atoms with E-state index in [2.05, 4.69) is 49.9 Å². The Balaban J connectivity index is 1.40. The van der Waals surface area contributed by atoms with Gasteiger partial charge < -0.3 is 20.3 Å². The van der Waals surface area contributed by atoms with Crippen molar-refractivity contribution in [2.45, 2.75) is 43.5 Å². The molecule has 169 valence electrons. The number of ether oxygens (including phenoxy) is 1. The maximum atomic E-state index is 13.5. The molecule has 6 nitrogen and oxygen atoms in total. The Morgan fingerprint density at radius 3 is 2.76 bits per heavy atom. The Hall–Kier alpha value is -2.90. The molecular formula is C26H29N4O2Si. The highest BCUT2D eigenvalue weighted by atomic mass is 28.1. The Morgan fingerprint density at radius 2 is 2.09 bits per heavy atom. The summed E-state index contributed by atoms with van der Waals surface area (Å²) >= 11 is 0. The first-order chi connectivity index (χ1) is 15.9. The lowest BCUT2D eigenvalue weighted by atomic mass is 9.97. The highest BCUT2D eigenvalue weighted by Gasteiger charge is 2.47. The Labute approximate surface area is 198 Å². The second-order valence-electron chi connectivity index (χ2n) is 9.23. The molecule has 1 unspecified atom stereocenters. The molecule has 2 fully saturated rings. The van der Waals surface area contributed by atoms with Crippen molar-refractivity contribution in [1.29, 1.82) is 0 Å². The third-order valence-electron chi connectivity index (χ3n) is 7.04. The number of aryl methyl sites for hydroxylation is 1. The quantitative estimate of drug-likeness (QED) is 0.531. The molecule has 1 saturated carbocycles. The number of carbonyl (C=O) groups is 1. The van der Waals surface area contributed by atoms with Crippen molar-refractivity contribution in [3.05, 3.63) is 65.4 Å². The summed E-state index contributed by atoms with van der Waals surface area (Å²) in [6.45, 7) is 3.04. The fourth-order valence-corrected chi connectivity index (χ4v) is 5.21. The molecule has 0 spiro atoms. The molecule has 2 aliphatic rings. The van der Waals surface area contributed by atoms with Crippen molar-refractivity contribution in [2.75, 3.05) is 26.0 Å². The number of hydrogen-bond acceptors (Lipinski definition) is 5. The average molecular weight is 458 g/mol. The summed E-state index contributed by atoms with van der Waals surface area (Å²) in [5.74, 6) is 0.622. The molecule has 1 aliphatic carbocycles. The van der Waals surface area contributed by atoms with Crippen LogP contribution in [0.15, 0.2) is 48.7 Å². The van der Waals surface area contributed by atoms with Crippen molar-refractivity contribution in [1.82, 2.24) is 15.2 Å². The summed E-state index contributed by atoms with van der Waals surface area (Å²) in [4.78, 5) is 20.3. The zero-order valence-electron chi connectivity index (χ0n) is 19.3. The molecule has 1 saturated heterocycles. The number of benzene rings is 2. The largest absolute Gasteiger partial charge is 0.493 e. The summed E-state index contributed by atoms with van der Waals surface area (Å²) in [6.07, 6.45) is 4.71. The van der Waals surface area contributed by atoms with Crippen LogP contribution in [0.25, 0.3) is 10.9 Å². The number of fused-ring (bicyclic) bond motifs is 1. The summed E-state index contributed by atoms with van der Waals surface area (Å²) in [6, 6.07) is 14.3. The van der Waals surface area contributed by atoms with E-state index in [1.165, 1.54) is 0 Å². The normalized spacial score (nSPS) is 20.1. The monoisotopic (exact) mass is 457 g/mol. The summed E-state index contributed by atoms with van der Waals surface area (Å²) in [5.41, 5.74) is 4.12. The third kappa shape index (κ3) is 4.11. The van der Waals surface area contributed by atoms with E-state index in [0.29, 0.717) is 17.4 Å². The van der Waals surface area contributed by atoms with Crippen molar-refractivity contribution >= 4 is 32.7 Å². The van der Waals surface area contributed by atoms with Crippen molar-refractivity contribution in [3.8, 4) is 5.75 Å². The SMILES string of the molecule is CNc1cc(C2(NC(=O)c3cc(OC([Si])[C@@H]4CCN4C)ccc3C)CC2)c2cccnc2c1. The highest BCUT2D eigenvalue weighted by molar-refractivity contribution is 6.11. The van der Waals surface area contributed by atoms with Gasteiger partial charge >= 0.3 is 0 Å². The van der Waals surface area contributed by atoms with Crippen LogP contribution in [0.1, 0.15) is 40.7 Å². The molecule has 3 aromatic rings. The number of carbonyl (C=O) groups excluding carboxylic acids is 1. The Morgan fingerprint density at radius 1 is 1.27 bits per heavy atom.